The van der Waals surface area contributed by atoms with Crippen molar-refractivity contribution in [3.8, 4) is 0 Å². The molecule has 0 spiro atoms. The van der Waals surface area contributed by atoms with Crippen molar-refractivity contribution in [2.45, 2.75) is 45.0 Å². The molecule has 0 aromatic rings. The van der Waals surface area contributed by atoms with Crippen molar-refractivity contribution in [1.82, 2.24) is 0 Å². The molecule has 1 rings (SSSR count). The SMILES string of the molecule is CO[C@H]1CC=C([Si](C)(C)C)CC1. The van der Waals surface area contributed by atoms with Gasteiger partial charge in [-0.1, -0.05) is 30.9 Å². The summed E-state index contributed by atoms with van der Waals surface area (Å²) >= 11 is 0. The molecule has 0 saturated heterocycles. The van der Waals surface area contributed by atoms with Crippen molar-refractivity contribution < 1.29 is 4.74 Å². The van der Waals surface area contributed by atoms with Gasteiger partial charge < -0.3 is 4.74 Å². The number of methoxy groups -OCH3 is 1. The molecule has 0 aliphatic heterocycles. The van der Waals surface area contributed by atoms with Crippen LogP contribution in [0.4, 0.5) is 0 Å². The Hall–Kier alpha value is -0.0831. The number of rotatable bonds is 2. The Bertz CT molecular complexity index is 179. The summed E-state index contributed by atoms with van der Waals surface area (Å²) in [5.41, 5.74) is 0. The minimum atomic E-state index is -0.993. The Labute approximate surface area is 76.8 Å². The molecule has 0 radical (unpaired) electrons. The van der Waals surface area contributed by atoms with Crippen LogP contribution < -0.4 is 0 Å². The Morgan fingerprint density at radius 3 is 2.42 bits per heavy atom. The van der Waals surface area contributed by atoms with Crippen molar-refractivity contribution in [2.75, 3.05) is 7.11 Å². The van der Waals surface area contributed by atoms with E-state index in [9.17, 15) is 0 Å². The van der Waals surface area contributed by atoms with E-state index in [2.05, 4.69) is 25.7 Å². The minimum absolute atomic E-state index is 0.491. The van der Waals surface area contributed by atoms with E-state index in [-0.39, 0.29) is 0 Å². The molecule has 0 amide bonds. The average molecular weight is 184 g/mol. The fourth-order valence-corrected chi connectivity index (χ4v) is 3.33. The third-order valence-electron chi connectivity index (χ3n) is 2.66. The van der Waals surface area contributed by atoms with Gasteiger partial charge in [-0.25, -0.2) is 0 Å². The van der Waals surface area contributed by atoms with Gasteiger partial charge in [-0.3, -0.25) is 0 Å². The van der Waals surface area contributed by atoms with Gasteiger partial charge in [0.15, 0.2) is 0 Å². The van der Waals surface area contributed by atoms with Gasteiger partial charge in [-0.05, 0) is 19.3 Å². The van der Waals surface area contributed by atoms with Gasteiger partial charge in [-0.15, -0.1) is 0 Å². The van der Waals surface area contributed by atoms with Crippen molar-refractivity contribution in [3.05, 3.63) is 11.3 Å². The molecule has 0 aromatic carbocycles. The molecule has 70 valence electrons. The first kappa shape index (κ1) is 10.0. The van der Waals surface area contributed by atoms with E-state index < -0.39 is 8.07 Å². The third-order valence-corrected chi connectivity index (χ3v) is 5.04. The number of ether oxygens (including phenoxy) is 1. The first-order valence-electron chi connectivity index (χ1n) is 4.76. The summed E-state index contributed by atoms with van der Waals surface area (Å²) in [5.74, 6) is 0. The predicted molar refractivity (Wildman–Crippen MR) is 56.1 cm³/mol. The summed E-state index contributed by atoms with van der Waals surface area (Å²) in [7, 11) is 0.824. The largest absolute Gasteiger partial charge is 0.381 e. The second kappa shape index (κ2) is 3.75. The van der Waals surface area contributed by atoms with Gasteiger partial charge >= 0.3 is 0 Å². The summed E-state index contributed by atoms with van der Waals surface area (Å²) in [6.45, 7) is 7.27. The van der Waals surface area contributed by atoms with Crippen LogP contribution in [0.3, 0.4) is 0 Å². The van der Waals surface area contributed by atoms with Gasteiger partial charge in [0.25, 0.3) is 0 Å². The third kappa shape index (κ3) is 2.46. The summed E-state index contributed by atoms with van der Waals surface area (Å²) in [6, 6.07) is 0. The van der Waals surface area contributed by atoms with Gasteiger partial charge in [0, 0.05) is 7.11 Å². The summed E-state index contributed by atoms with van der Waals surface area (Å²) in [4.78, 5) is 0. The van der Waals surface area contributed by atoms with Crippen LogP contribution in [0.2, 0.25) is 19.6 Å². The topological polar surface area (TPSA) is 9.23 Å². The van der Waals surface area contributed by atoms with Crippen LogP contribution in [-0.2, 0) is 4.74 Å². The average Bonchev–Trinajstić information content (AvgIpc) is 2.03. The first-order valence-corrected chi connectivity index (χ1v) is 8.26. The second-order valence-corrected chi connectivity index (χ2v) is 9.75. The van der Waals surface area contributed by atoms with Crippen molar-refractivity contribution in [1.29, 1.82) is 0 Å². The maximum atomic E-state index is 5.32. The first-order chi connectivity index (χ1) is 5.54. The fraction of sp³-hybridized carbons (Fsp3) is 0.800. The standard InChI is InChI=1S/C10H20OSi/c1-11-9-5-7-10(8-6-9)12(2,3)4/h7,9H,5-6,8H2,1-4H3/t9-/m0/s1. The van der Waals surface area contributed by atoms with Gasteiger partial charge in [0.1, 0.15) is 0 Å². The zero-order valence-electron chi connectivity index (χ0n) is 8.68. The van der Waals surface area contributed by atoms with Crippen LogP contribution in [-0.4, -0.2) is 21.3 Å². The highest BCUT2D eigenvalue weighted by molar-refractivity contribution is 6.83. The minimum Gasteiger partial charge on any atom is -0.381 e. The quantitative estimate of drug-likeness (QED) is 0.600. The molecular weight excluding hydrogens is 164 g/mol. The number of hydrogen-bond acceptors (Lipinski definition) is 1. The molecule has 1 nitrogen and oxygen atoms in total. The molecule has 1 aliphatic carbocycles. The number of allylic oxidation sites excluding steroid dienone is 1. The van der Waals surface area contributed by atoms with E-state index in [0.717, 1.165) is 6.42 Å². The lowest BCUT2D eigenvalue weighted by Crippen LogP contribution is -2.28. The van der Waals surface area contributed by atoms with Crippen LogP contribution in [0.5, 0.6) is 0 Å². The highest BCUT2D eigenvalue weighted by Gasteiger charge is 2.23. The van der Waals surface area contributed by atoms with E-state index in [1.54, 1.807) is 5.20 Å². The zero-order chi connectivity index (χ0) is 9.19. The van der Waals surface area contributed by atoms with E-state index in [0.29, 0.717) is 6.10 Å². The molecule has 1 aliphatic rings. The molecular formula is C10H20OSi. The summed E-state index contributed by atoms with van der Waals surface area (Å²) in [5, 5.41) is 1.73. The molecule has 0 fully saturated rings. The van der Waals surface area contributed by atoms with Crippen molar-refractivity contribution >= 4 is 8.07 Å². The van der Waals surface area contributed by atoms with Crippen molar-refractivity contribution in [2.24, 2.45) is 0 Å². The molecule has 0 heterocycles. The second-order valence-electron chi connectivity index (χ2n) is 4.61. The van der Waals surface area contributed by atoms with Gasteiger partial charge in [-0.2, -0.15) is 0 Å². The van der Waals surface area contributed by atoms with Crippen LogP contribution in [0.15, 0.2) is 11.3 Å². The molecule has 2 heteroatoms. The highest BCUT2D eigenvalue weighted by atomic mass is 28.3. The summed E-state index contributed by atoms with van der Waals surface area (Å²) < 4.78 is 5.32. The maximum Gasteiger partial charge on any atom is 0.0720 e. The van der Waals surface area contributed by atoms with Gasteiger partial charge in [0.2, 0.25) is 0 Å². The monoisotopic (exact) mass is 184 g/mol. The zero-order valence-corrected chi connectivity index (χ0v) is 9.68. The smallest absolute Gasteiger partial charge is 0.0720 e. The Morgan fingerprint density at radius 1 is 1.42 bits per heavy atom. The lowest BCUT2D eigenvalue weighted by molar-refractivity contribution is 0.0947. The Balaban J connectivity index is 2.56. The molecule has 0 unspecified atom stereocenters. The molecule has 12 heavy (non-hydrogen) atoms. The number of hydrogen-bond donors (Lipinski definition) is 0. The molecule has 0 saturated carbocycles. The normalized spacial score (nSPS) is 25.3. The van der Waals surface area contributed by atoms with E-state index >= 15 is 0 Å². The van der Waals surface area contributed by atoms with E-state index in [4.69, 9.17) is 4.74 Å². The maximum absolute atomic E-state index is 5.32. The van der Waals surface area contributed by atoms with Crippen LogP contribution in [0.25, 0.3) is 0 Å². The van der Waals surface area contributed by atoms with Crippen LogP contribution in [0.1, 0.15) is 19.3 Å². The lowest BCUT2D eigenvalue weighted by atomic mass is 10.0. The molecule has 0 aromatic heterocycles. The van der Waals surface area contributed by atoms with E-state index in [1.807, 2.05) is 7.11 Å². The molecule has 0 N–H and O–H groups in total. The molecule has 1 atom stereocenters. The lowest BCUT2D eigenvalue weighted by Gasteiger charge is -2.27. The predicted octanol–water partition coefficient (Wildman–Crippen LogP) is 2.99. The summed E-state index contributed by atoms with van der Waals surface area (Å²) in [6.07, 6.45) is 6.55. The Morgan fingerprint density at radius 2 is 2.08 bits per heavy atom. The fourth-order valence-electron chi connectivity index (χ4n) is 1.71. The van der Waals surface area contributed by atoms with Crippen LogP contribution in [0, 0.1) is 0 Å². The van der Waals surface area contributed by atoms with Crippen molar-refractivity contribution in [3.63, 3.8) is 0 Å². The van der Waals surface area contributed by atoms with E-state index in [1.165, 1.54) is 12.8 Å². The molecule has 0 bridgehead atoms. The Kier molecular flexibility index (Phi) is 3.13. The van der Waals surface area contributed by atoms with Crippen LogP contribution >= 0.6 is 0 Å². The van der Waals surface area contributed by atoms with Gasteiger partial charge in [0.05, 0.1) is 14.2 Å². The highest BCUT2D eigenvalue weighted by Crippen LogP contribution is 2.27.